The summed E-state index contributed by atoms with van der Waals surface area (Å²) < 4.78 is 5.18. The highest BCUT2D eigenvalue weighted by Crippen LogP contribution is 2.11. The second-order valence-electron chi connectivity index (χ2n) is 6.11. The van der Waals surface area contributed by atoms with Crippen molar-refractivity contribution in [3.8, 4) is 0 Å². The molecule has 0 radical (unpaired) electrons. The molecule has 130 valence electrons. The summed E-state index contributed by atoms with van der Waals surface area (Å²) in [6.07, 6.45) is 11.5. The number of aliphatic hydroxyl groups is 1. The molecule has 0 fully saturated rings. The van der Waals surface area contributed by atoms with E-state index in [9.17, 15) is 9.59 Å². The van der Waals surface area contributed by atoms with Crippen LogP contribution < -0.4 is 0 Å². The molecule has 0 unspecified atom stereocenters. The van der Waals surface area contributed by atoms with E-state index >= 15 is 0 Å². The topological polar surface area (TPSA) is 63.6 Å². The van der Waals surface area contributed by atoms with Gasteiger partial charge in [0, 0.05) is 12.8 Å². The monoisotopic (exact) mass is 314 g/mol. The van der Waals surface area contributed by atoms with Crippen molar-refractivity contribution in [2.75, 3.05) is 6.61 Å². The lowest BCUT2D eigenvalue weighted by atomic mass is 10.1. The predicted molar refractivity (Wildman–Crippen MR) is 88.7 cm³/mol. The minimum absolute atomic E-state index is 0.0495. The highest BCUT2D eigenvalue weighted by atomic mass is 16.5. The number of ketones is 1. The molecule has 0 spiro atoms. The summed E-state index contributed by atoms with van der Waals surface area (Å²) in [5.74, 6) is -0.209. The van der Waals surface area contributed by atoms with E-state index in [1.165, 1.54) is 51.9 Å². The Hall–Kier alpha value is -0.900. The van der Waals surface area contributed by atoms with Gasteiger partial charge in [-0.2, -0.15) is 0 Å². The van der Waals surface area contributed by atoms with Gasteiger partial charge >= 0.3 is 5.97 Å². The maximum Gasteiger partial charge on any atom is 0.306 e. The molecule has 0 aromatic carbocycles. The fourth-order valence-electron chi connectivity index (χ4n) is 2.38. The highest BCUT2D eigenvalue weighted by molar-refractivity contribution is 5.75. The van der Waals surface area contributed by atoms with Gasteiger partial charge in [0.05, 0.1) is 6.61 Å². The second-order valence-corrected chi connectivity index (χ2v) is 6.11. The fourth-order valence-corrected chi connectivity index (χ4v) is 2.38. The number of esters is 1. The lowest BCUT2D eigenvalue weighted by Crippen LogP contribution is -2.22. The van der Waals surface area contributed by atoms with E-state index < -0.39 is 6.10 Å². The summed E-state index contributed by atoms with van der Waals surface area (Å²) in [5.41, 5.74) is 0. The Morgan fingerprint density at radius 1 is 0.909 bits per heavy atom. The number of hydrogen-bond donors (Lipinski definition) is 1. The third-order valence-corrected chi connectivity index (χ3v) is 3.80. The summed E-state index contributed by atoms with van der Waals surface area (Å²) in [6.45, 7) is 3.51. The van der Waals surface area contributed by atoms with Gasteiger partial charge in [0.25, 0.3) is 0 Å². The molecular weight excluding hydrogens is 280 g/mol. The highest BCUT2D eigenvalue weighted by Gasteiger charge is 2.13. The van der Waals surface area contributed by atoms with Crippen LogP contribution in [0.4, 0.5) is 0 Å². The largest absolute Gasteiger partial charge is 0.460 e. The van der Waals surface area contributed by atoms with Crippen molar-refractivity contribution in [1.29, 1.82) is 0 Å². The second kappa shape index (κ2) is 15.0. The summed E-state index contributed by atoms with van der Waals surface area (Å²) in [5, 5.41) is 9.13. The average molecular weight is 314 g/mol. The first-order valence-corrected chi connectivity index (χ1v) is 8.90. The molecule has 1 atom stereocenters. The molecule has 0 aromatic heterocycles. The van der Waals surface area contributed by atoms with Crippen LogP contribution in [0, 0.1) is 0 Å². The standard InChI is InChI=1S/C18H34O4/c1-3-4-5-6-7-8-9-10-11-12-18(21)22-17(15-19)14-13-16(2)20/h17,19H,3-15H2,1-2H3/t17-/m1/s1. The molecular formula is C18H34O4. The minimum atomic E-state index is -0.532. The smallest absolute Gasteiger partial charge is 0.306 e. The Morgan fingerprint density at radius 2 is 1.45 bits per heavy atom. The van der Waals surface area contributed by atoms with E-state index in [2.05, 4.69) is 6.92 Å². The molecule has 0 aliphatic rings. The Kier molecular flexibility index (Phi) is 14.4. The van der Waals surface area contributed by atoms with Crippen LogP contribution in [-0.2, 0) is 14.3 Å². The number of aliphatic hydroxyl groups excluding tert-OH is 1. The average Bonchev–Trinajstić information content (AvgIpc) is 2.49. The number of unbranched alkanes of at least 4 members (excludes halogenated alkanes) is 8. The maximum atomic E-state index is 11.6. The van der Waals surface area contributed by atoms with Gasteiger partial charge in [-0.1, -0.05) is 58.3 Å². The zero-order valence-corrected chi connectivity index (χ0v) is 14.4. The summed E-state index contributed by atoms with van der Waals surface area (Å²) >= 11 is 0. The summed E-state index contributed by atoms with van der Waals surface area (Å²) in [4.78, 5) is 22.5. The molecule has 0 aliphatic carbocycles. The first kappa shape index (κ1) is 21.1. The quantitative estimate of drug-likeness (QED) is 0.364. The van der Waals surface area contributed by atoms with E-state index in [0.29, 0.717) is 19.3 Å². The van der Waals surface area contributed by atoms with Crippen molar-refractivity contribution in [2.45, 2.75) is 97.0 Å². The van der Waals surface area contributed by atoms with Gasteiger partial charge in [-0.25, -0.2) is 0 Å². The molecule has 1 N–H and O–H groups in total. The van der Waals surface area contributed by atoms with Crippen LogP contribution in [0.5, 0.6) is 0 Å². The zero-order chi connectivity index (χ0) is 16.6. The summed E-state index contributed by atoms with van der Waals surface area (Å²) in [7, 11) is 0. The van der Waals surface area contributed by atoms with E-state index in [1.54, 1.807) is 0 Å². The van der Waals surface area contributed by atoms with E-state index in [1.807, 2.05) is 0 Å². The van der Waals surface area contributed by atoms with Crippen LogP contribution in [0.2, 0.25) is 0 Å². The number of ether oxygens (including phenoxy) is 1. The molecule has 4 heteroatoms. The third-order valence-electron chi connectivity index (χ3n) is 3.80. The van der Waals surface area contributed by atoms with Gasteiger partial charge in [-0.05, 0) is 19.8 Å². The van der Waals surface area contributed by atoms with Crippen molar-refractivity contribution in [3.05, 3.63) is 0 Å². The normalized spacial score (nSPS) is 12.1. The van der Waals surface area contributed by atoms with Gasteiger partial charge in [-0.3, -0.25) is 4.79 Å². The Labute approximate surface area is 135 Å². The molecule has 4 nitrogen and oxygen atoms in total. The lowest BCUT2D eigenvalue weighted by Gasteiger charge is -2.14. The van der Waals surface area contributed by atoms with Crippen LogP contribution >= 0.6 is 0 Å². The van der Waals surface area contributed by atoms with Gasteiger partial charge < -0.3 is 14.6 Å². The molecule has 0 saturated heterocycles. The van der Waals surface area contributed by atoms with Gasteiger partial charge in [0.1, 0.15) is 11.9 Å². The molecule has 0 saturated carbocycles. The number of hydrogen-bond acceptors (Lipinski definition) is 4. The van der Waals surface area contributed by atoms with Crippen LogP contribution in [0.1, 0.15) is 90.9 Å². The van der Waals surface area contributed by atoms with Crippen molar-refractivity contribution in [2.24, 2.45) is 0 Å². The number of Topliss-reactive ketones (excluding diaryl/α,β-unsaturated/α-hetero) is 1. The van der Waals surface area contributed by atoms with Crippen LogP contribution in [0.15, 0.2) is 0 Å². The Balaban J connectivity index is 3.49. The van der Waals surface area contributed by atoms with Crippen LogP contribution in [0.3, 0.4) is 0 Å². The zero-order valence-electron chi connectivity index (χ0n) is 14.4. The molecule has 0 rings (SSSR count). The van der Waals surface area contributed by atoms with Crippen molar-refractivity contribution < 1.29 is 19.4 Å². The molecule has 0 aromatic rings. The van der Waals surface area contributed by atoms with E-state index in [-0.39, 0.29) is 18.4 Å². The Bertz CT molecular complexity index is 289. The minimum Gasteiger partial charge on any atom is -0.460 e. The Morgan fingerprint density at radius 3 is 1.95 bits per heavy atom. The molecule has 22 heavy (non-hydrogen) atoms. The van der Waals surface area contributed by atoms with Gasteiger partial charge in [0.15, 0.2) is 0 Å². The SMILES string of the molecule is CCCCCCCCCCCC(=O)O[C@@H](CO)CCC(C)=O. The maximum absolute atomic E-state index is 11.6. The van der Waals surface area contributed by atoms with Crippen molar-refractivity contribution >= 4 is 11.8 Å². The summed E-state index contributed by atoms with van der Waals surface area (Å²) in [6, 6.07) is 0. The molecule has 0 heterocycles. The first-order valence-electron chi connectivity index (χ1n) is 8.90. The van der Waals surface area contributed by atoms with E-state index in [0.717, 1.165) is 12.8 Å². The molecule has 0 amide bonds. The van der Waals surface area contributed by atoms with Crippen LogP contribution in [-0.4, -0.2) is 29.6 Å². The van der Waals surface area contributed by atoms with Crippen molar-refractivity contribution in [3.63, 3.8) is 0 Å². The van der Waals surface area contributed by atoms with Gasteiger partial charge in [0.2, 0.25) is 0 Å². The third kappa shape index (κ3) is 14.1. The lowest BCUT2D eigenvalue weighted by molar-refractivity contribution is -0.152. The number of carbonyl (C=O) groups excluding carboxylic acids is 2. The van der Waals surface area contributed by atoms with E-state index in [4.69, 9.17) is 9.84 Å². The van der Waals surface area contributed by atoms with Gasteiger partial charge in [-0.15, -0.1) is 0 Å². The predicted octanol–water partition coefficient (Wildman–Crippen LogP) is 4.18. The first-order chi connectivity index (χ1) is 10.6. The van der Waals surface area contributed by atoms with Crippen LogP contribution in [0.25, 0.3) is 0 Å². The van der Waals surface area contributed by atoms with Crippen molar-refractivity contribution in [1.82, 2.24) is 0 Å². The number of rotatable bonds is 15. The fraction of sp³-hybridized carbons (Fsp3) is 0.889. The number of carbonyl (C=O) groups is 2. The molecule has 0 aliphatic heterocycles. The molecule has 0 bridgehead atoms.